The van der Waals surface area contributed by atoms with Crippen molar-refractivity contribution in [2.24, 2.45) is 16.2 Å². The smallest absolute Gasteiger partial charge is 0.251 e. The van der Waals surface area contributed by atoms with E-state index in [1.807, 2.05) is 106 Å². The Morgan fingerprint density at radius 2 is 1.55 bits per heavy atom. The van der Waals surface area contributed by atoms with Crippen molar-refractivity contribution in [3.05, 3.63) is 129 Å². The summed E-state index contributed by atoms with van der Waals surface area (Å²) in [5, 5.41) is 29.2. The molecule has 4 N–H and O–H groups in total. The molecule has 3 atom stereocenters. The maximum absolute atomic E-state index is 14.0. The lowest BCUT2D eigenvalue weighted by Gasteiger charge is -2.63. The number of carbonyl (C=O) groups excluding carboxylic acids is 4. The van der Waals surface area contributed by atoms with Crippen LogP contribution in [0.15, 0.2) is 96.5 Å². The summed E-state index contributed by atoms with van der Waals surface area (Å²) in [6, 6.07) is 28.4. The number of aromatic nitrogens is 1. The van der Waals surface area contributed by atoms with Gasteiger partial charge in [-0.1, -0.05) is 121 Å². The van der Waals surface area contributed by atoms with E-state index in [2.05, 4.69) is 54.7 Å². The highest BCUT2D eigenvalue weighted by Gasteiger charge is 2.64. The molecule has 69 heavy (non-hydrogen) atoms. The molecule has 1 saturated heterocycles. The lowest BCUT2D eigenvalue weighted by Crippen LogP contribution is -2.74. The summed E-state index contributed by atoms with van der Waals surface area (Å²) < 4.78 is 12.1. The van der Waals surface area contributed by atoms with E-state index in [-0.39, 0.29) is 56.7 Å². The van der Waals surface area contributed by atoms with Crippen LogP contribution in [-0.2, 0) is 32.1 Å². The normalized spacial score (nSPS) is 19.7. The van der Waals surface area contributed by atoms with Crippen LogP contribution in [0.2, 0.25) is 5.02 Å². The van der Waals surface area contributed by atoms with Crippen LogP contribution in [0.5, 0.6) is 5.75 Å². The molecule has 1 saturated carbocycles. The second-order valence-corrected chi connectivity index (χ2v) is 21.6. The number of aryl methyl sites for hydroxylation is 1. The molecule has 5 aromatic rings. The van der Waals surface area contributed by atoms with E-state index >= 15 is 0 Å². The van der Waals surface area contributed by atoms with Gasteiger partial charge in [-0.3, -0.25) is 19.2 Å². The fourth-order valence-corrected chi connectivity index (χ4v) is 10.9. The van der Waals surface area contributed by atoms with E-state index in [4.69, 9.17) is 21.1 Å². The zero-order valence-corrected chi connectivity index (χ0v) is 42.0. The van der Waals surface area contributed by atoms with Crippen molar-refractivity contribution >= 4 is 46.6 Å². The van der Waals surface area contributed by atoms with Crippen LogP contribution in [0.1, 0.15) is 87.6 Å². The van der Waals surface area contributed by atoms with Crippen LogP contribution in [0.3, 0.4) is 0 Å². The van der Waals surface area contributed by atoms with Crippen molar-refractivity contribution in [1.29, 1.82) is 5.26 Å². The quantitative estimate of drug-likeness (QED) is 0.0707. The number of rotatable bonds is 16. The highest BCUT2D eigenvalue weighted by Crippen LogP contribution is 2.55. The molecule has 2 fully saturated rings. The van der Waals surface area contributed by atoms with E-state index < -0.39 is 46.2 Å². The highest BCUT2D eigenvalue weighted by atomic mass is 35.5. The second-order valence-electron chi connectivity index (χ2n) is 20.3. The lowest BCUT2D eigenvalue weighted by molar-refractivity contribution is -0.164. The van der Waals surface area contributed by atoms with Gasteiger partial charge in [0, 0.05) is 48.0 Å². The number of carbonyl (C=O) groups is 4. The highest BCUT2D eigenvalue weighted by molar-refractivity contribution is 7.13. The van der Waals surface area contributed by atoms with Crippen LogP contribution in [0.25, 0.3) is 21.6 Å². The molecular formula is C54H61ClN6O7S. The largest absolute Gasteiger partial charge is 0.489 e. The number of benzene rings is 4. The second kappa shape index (κ2) is 20.9. The molecule has 2 heterocycles. The molecule has 4 amide bonds. The maximum Gasteiger partial charge on any atom is 0.251 e. The Labute approximate surface area is 413 Å². The Bertz CT molecular complexity index is 2690. The van der Waals surface area contributed by atoms with Crippen molar-refractivity contribution in [2.75, 3.05) is 19.8 Å². The summed E-state index contributed by atoms with van der Waals surface area (Å²) in [6.07, 6.45) is -0.445. The molecule has 2 aliphatic rings. The van der Waals surface area contributed by atoms with Gasteiger partial charge in [0.15, 0.2) is 0 Å². The van der Waals surface area contributed by atoms with E-state index in [1.54, 1.807) is 29.5 Å². The van der Waals surface area contributed by atoms with Crippen molar-refractivity contribution < 1.29 is 33.8 Å². The number of aliphatic hydroxyl groups is 1. The third-order valence-electron chi connectivity index (χ3n) is 13.3. The number of halogens is 1. The monoisotopic (exact) mass is 972 g/mol. The first-order valence-corrected chi connectivity index (χ1v) is 24.4. The Balaban J connectivity index is 0.858. The van der Waals surface area contributed by atoms with E-state index in [0.29, 0.717) is 28.3 Å². The molecule has 0 bridgehead atoms. The molecule has 4 aromatic carbocycles. The van der Waals surface area contributed by atoms with Crippen molar-refractivity contribution in [2.45, 2.75) is 105 Å². The number of amides is 4. The number of nitrogens with one attached hydrogen (secondary N) is 3. The van der Waals surface area contributed by atoms with E-state index in [1.165, 1.54) is 4.90 Å². The maximum atomic E-state index is 14.0. The zero-order chi connectivity index (χ0) is 49.8. The van der Waals surface area contributed by atoms with Gasteiger partial charge in [0.25, 0.3) is 5.91 Å². The molecule has 0 unspecified atom stereocenters. The third-order valence-corrected chi connectivity index (χ3v) is 14.6. The Hall–Kier alpha value is -6.11. The predicted molar refractivity (Wildman–Crippen MR) is 267 cm³/mol. The van der Waals surface area contributed by atoms with Gasteiger partial charge in [-0.2, -0.15) is 5.26 Å². The van der Waals surface area contributed by atoms with Gasteiger partial charge in [0.2, 0.25) is 17.7 Å². The number of hydrogen-bond donors (Lipinski definition) is 4. The molecule has 0 spiro atoms. The number of likely N-dealkylation sites (tertiary alicyclic amines) is 1. The molecular weight excluding hydrogens is 912 g/mol. The minimum atomic E-state index is -0.967. The topological polar surface area (TPSA) is 183 Å². The van der Waals surface area contributed by atoms with Crippen LogP contribution in [-0.4, -0.2) is 88.7 Å². The SMILES string of the molecule is Cc1ncsc1-c1ccc(CNC(=O)[C@@H]2C[C@@H](O)CN2C(=O)[C@@H](NC(=O)COCCc2ccc(-c3ccc(C(=O)NC4C(C)(C)C(Oc5ccc(C#N)c(Cl)c5)C4(C)C)cc3)cc2)C(C)(C)C)cc1. The van der Waals surface area contributed by atoms with Crippen LogP contribution in [0, 0.1) is 34.5 Å². The molecule has 1 aliphatic carbocycles. The minimum Gasteiger partial charge on any atom is -0.489 e. The first-order chi connectivity index (χ1) is 32.7. The third kappa shape index (κ3) is 11.5. The molecule has 7 rings (SSSR count). The fraction of sp³-hybridized carbons (Fsp3) is 0.407. The number of ether oxygens (including phenoxy) is 2. The molecule has 15 heteroatoms. The van der Waals surface area contributed by atoms with Crippen molar-refractivity contribution in [3.63, 3.8) is 0 Å². The number of nitrogens with zero attached hydrogens (tertiary/aromatic N) is 3. The first-order valence-electron chi connectivity index (χ1n) is 23.2. The van der Waals surface area contributed by atoms with Gasteiger partial charge < -0.3 is 35.4 Å². The zero-order valence-electron chi connectivity index (χ0n) is 40.4. The number of aliphatic hydroxyl groups excluding tert-OH is 1. The van der Waals surface area contributed by atoms with Crippen LogP contribution >= 0.6 is 22.9 Å². The van der Waals surface area contributed by atoms with Crippen LogP contribution < -0.4 is 20.7 Å². The summed E-state index contributed by atoms with van der Waals surface area (Å²) in [7, 11) is 0. The van der Waals surface area contributed by atoms with Gasteiger partial charge in [0.05, 0.1) is 39.4 Å². The number of β-amino-alcohol motifs (C(OH)–C–C–N with tert-alkyl or cyclic N) is 1. The van der Waals surface area contributed by atoms with Gasteiger partial charge in [-0.05, 0) is 70.8 Å². The van der Waals surface area contributed by atoms with Gasteiger partial charge in [0.1, 0.15) is 36.6 Å². The summed E-state index contributed by atoms with van der Waals surface area (Å²) in [4.78, 5) is 61.0. The molecule has 0 radical (unpaired) electrons. The Kier molecular flexibility index (Phi) is 15.3. The predicted octanol–water partition coefficient (Wildman–Crippen LogP) is 8.29. The number of hydrogen-bond acceptors (Lipinski definition) is 10. The average molecular weight is 974 g/mol. The number of thiazole rings is 1. The fourth-order valence-electron chi connectivity index (χ4n) is 9.83. The summed E-state index contributed by atoms with van der Waals surface area (Å²) in [6.45, 7) is 16.0. The molecule has 1 aromatic heterocycles. The lowest BCUT2D eigenvalue weighted by atomic mass is 9.49. The summed E-state index contributed by atoms with van der Waals surface area (Å²) in [5.74, 6) is -0.869. The van der Waals surface area contributed by atoms with E-state index in [0.717, 1.165) is 38.4 Å². The average Bonchev–Trinajstić information content (AvgIpc) is 3.94. The number of nitriles is 1. The molecule has 1 aliphatic heterocycles. The minimum absolute atomic E-state index is 0.0179. The standard InChI is InChI=1S/C54H61ClN6O7S/c1-32-45(69-31-58-32)37-15-11-34(12-16-37)28-57-48(65)43-25-40(62)29-61(43)49(66)46(52(2,3)4)59-44(63)30-67-24-23-33-9-13-35(14-10-33)36-17-19-38(20-18-36)47(64)60-50-53(5,6)51(54(50,7)8)68-41-22-21-39(27-56)42(55)26-41/h9-22,26,31,40,43,46,50-51,62H,23-25,28-30H2,1-8H3,(H,57,65)(H,59,63)(H,60,64)/t40-,43+,46-,50?,51?/m1/s1. The Morgan fingerprint density at radius 3 is 2.14 bits per heavy atom. The Morgan fingerprint density at radius 1 is 0.928 bits per heavy atom. The van der Waals surface area contributed by atoms with Crippen molar-refractivity contribution in [1.82, 2.24) is 25.8 Å². The van der Waals surface area contributed by atoms with Gasteiger partial charge >= 0.3 is 0 Å². The molecule has 13 nitrogen and oxygen atoms in total. The summed E-state index contributed by atoms with van der Waals surface area (Å²) in [5.41, 5.74) is 7.09. The van der Waals surface area contributed by atoms with Crippen molar-refractivity contribution in [3.8, 4) is 33.4 Å². The van der Waals surface area contributed by atoms with Gasteiger partial charge in [-0.15, -0.1) is 11.3 Å². The van der Waals surface area contributed by atoms with Gasteiger partial charge in [-0.25, -0.2) is 4.98 Å². The van der Waals surface area contributed by atoms with E-state index in [9.17, 15) is 29.5 Å². The van der Waals surface area contributed by atoms with Crippen LogP contribution in [0.4, 0.5) is 0 Å². The first kappa shape index (κ1) is 50.8. The summed E-state index contributed by atoms with van der Waals surface area (Å²) >= 11 is 7.82. The molecule has 362 valence electrons.